The van der Waals surface area contributed by atoms with Crippen molar-refractivity contribution in [3.63, 3.8) is 0 Å². The number of hydrogen-bond acceptors (Lipinski definition) is 4. The molecule has 4 rings (SSSR count). The molecule has 1 atom stereocenters. The van der Waals surface area contributed by atoms with Crippen LogP contribution in [0.2, 0.25) is 0 Å². The van der Waals surface area contributed by atoms with Crippen LogP contribution in [0.25, 0.3) is 0 Å². The first-order chi connectivity index (χ1) is 10.7. The number of aromatic nitrogens is 4. The van der Waals surface area contributed by atoms with Crippen molar-refractivity contribution in [3.05, 3.63) is 41.2 Å². The molecule has 2 aromatic rings. The first kappa shape index (κ1) is 13.4. The van der Waals surface area contributed by atoms with E-state index in [0.717, 1.165) is 36.6 Å². The van der Waals surface area contributed by atoms with Gasteiger partial charge in [0.05, 0.1) is 11.8 Å². The normalized spacial score (nSPS) is 21.3. The lowest BCUT2D eigenvalue weighted by molar-refractivity contribution is 0.0789. The smallest absolute Gasteiger partial charge is 0.257 e. The Balaban J connectivity index is 1.46. The summed E-state index contributed by atoms with van der Waals surface area (Å²) >= 11 is 0. The van der Waals surface area contributed by atoms with Crippen molar-refractivity contribution < 1.29 is 4.79 Å². The number of carbonyl (C=O) groups excluding carboxylic acids is 1. The van der Waals surface area contributed by atoms with E-state index < -0.39 is 0 Å². The molecule has 3 heterocycles. The van der Waals surface area contributed by atoms with E-state index in [1.165, 1.54) is 12.8 Å². The molecule has 0 radical (unpaired) electrons. The number of likely N-dealkylation sites (tertiary alicyclic amines) is 1. The maximum atomic E-state index is 12.6. The minimum absolute atomic E-state index is 0.0296. The highest BCUT2D eigenvalue weighted by Crippen LogP contribution is 2.37. The molecular weight excluding hydrogens is 278 g/mol. The Bertz CT molecular complexity index is 689. The summed E-state index contributed by atoms with van der Waals surface area (Å²) in [5, 5.41) is 7.14. The lowest BCUT2D eigenvalue weighted by Gasteiger charge is -2.16. The molecule has 6 nitrogen and oxygen atoms in total. The molecule has 1 saturated carbocycles. The molecule has 1 N–H and O–H groups in total. The molecule has 0 spiro atoms. The van der Waals surface area contributed by atoms with Gasteiger partial charge in [0.2, 0.25) is 0 Å². The van der Waals surface area contributed by atoms with Crippen LogP contribution in [0.3, 0.4) is 0 Å². The van der Waals surface area contributed by atoms with E-state index in [1.54, 1.807) is 12.4 Å². The summed E-state index contributed by atoms with van der Waals surface area (Å²) in [5.41, 5.74) is 2.90. The van der Waals surface area contributed by atoms with Crippen molar-refractivity contribution in [2.45, 2.75) is 38.0 Å². The fourth-order valence-electron chi connectivity index (χ4n) is 3.13. The number of amides is 1. The summed E-state index contributed by atoms with van der Waals surface area (Å²) in [4.78, 5) is 23.1. The van der Waals surface area contributed by atoms with Gasteiger partial charge in [-0.2, -0.15) is 5.10 Å². The predicted molar refractivity (Wildman–Crippen MR) is 80.6 cm³/mol. The molecule has 0 bridgehead atoms. The predicted octanol–water partition coefficient (Wildman–Crippen LogP) is 2.02. The zero-order valence-electron chi connectivity index (χ0n) is 12.6. The Morgan fingerprint density at radius 1 is 1.18 bits per heavy atom. The Morgan fingerprint density at radius 3 is 2.59 bits per heavy atom. The highest BCUT2D eigenvalue weighted by Gasteiger charge is 2.31. The maximum absolute atomic E-state index is 12.6. The van der Waals surface area contributed by atoms with Gasteiger partial charge in [-0.25, -0.2) is 9.97 Å². The summed E-state index contributed by atoms with van der Waals surface area (Å²) in [7, 11) is 0. The first-order valence-corrected chi connectivity index (χ1v) is 7.83. The molecule has 1 saturated heterocycles. The van der Waals surface area contributed by atoms with Crippen LogP contribution in [0.5, 0.6) is 0 Å². The maximum Gasteiger partial charge on any atom is 0.257 e. The van der Waals surface area contributed by atoms with Crippen LogP contribution in [-0.4, -0.2) is 44.1 Å². The van der Waals surface area contributed by atoms with Gasteiger partial charge in [0.15, 0.2) is 0 Å². The highest BCUT2D eigenvalue weighted by atomic mass is 16.2. The number of rotatable bonds is 3. The van der Waals surface area contributed by atoms with Crippen molar-refractivity contribution in [1.29, 1.82) is 0 Å². The molecule has 1 aliphatic carbocycles. The number of aryl methyl sites for hydroxylation is 1. The lowest BCUT2D eigenvalue weighted by atomic mass is 10.0. The summed E-state index contributed by atoms with van der Waals surface area (Å²) < 4.78 is 0. The van der Waals surface area contributed by atoms with E-state index >= 15 is 0 Å². The molecule has 2 fully saturated rings. The van der Waals surface area contributed by atoms with Crippen molar-refractivity contribution in [1.82, 2.24) is 25.1 Å². The second kappa shape index (κ2) is 5.19. The quantitative estimate of drug-likeness (QED) is 0.940. The van der Waals surface area contributed by atoms with Crippen molar-refractivity contribution in [2.24, 2.45) is 0 Å². The highest BCUT2D eigenvalue weighted by molar-refractivity contribution is 5.93. The summed E-state index contributed by atoms with van der Waals surface area (Å²) in [5.74, 6) is 1.77. The Kier molecular flexibility index (Phi) is 3.17. The first-order valence-electron chi connectivity index (χ1n) is 7.83. The van der Waals surface area contributed by atoms with Crippen LogP contribution < -0.4 is 0 Å². The molecule has 1 aliphatic heterocycles. The van der Waals surface area contributed by atoms with Gasteiger partial charge < -0.3 is 4.90 Å². The minimum Gasteiger partial charge on any atom is -0.338 e. The molecule has 2 aliphatic rings. The number of hydrogen-bond donors (Lipinski definition) is 1. The average molecular weight is 297 g/mol. The fourth-order valence-corrected chi connectivity index (χ4v) is 3.13. The van der Waals surface area contributed by atoms with Crippen LogP contribution in [-0.2, 0) is 0 Å². The van der Waals surface area contributed by atoms with Gasteiger partial charge in [0, 0.05) is 43.0 Å². The third-order valence-electron chi connectivity index (χ3n) is 4.61. The van der Waals surface area contributed by atoms with Crippen LogP contribution in [0.15, 0.2) is 18.6 Å². The second-order valence-corrected chi connectivity index (χ2v) is 6.31. The van der Waals surface area contributed by atoms with E-state index in [9.17, 15) is 4.79 Å². The number of nitrogens with one attached hydrogen (secondary N) is 1. The number of carbonyl (C=O) groups is 1. The Labute approximate surface area is 129 Å². The largest absolute Gasteiger partial charge is 0.338 e. The summed E-state index contributed by atoms with van der Waals surface area (Å²) in [6, 6.07) is 0. The van der Waals surface area contributed by atoms with Gasteiger partial charge in [-0.15, -0.1) is 0 Å². The molecule has 114 valence electrons. The van der Waals surface area contributed by atoms with E-state index in [0.29, 0.717) is 17.4 Å². The molecule has 22 heavy (non-hydrogen) atoms. The van der Waals surface area contributed by atoms with Crippen LogP contribution in [0, 0.1) is 6.92 Å². The molecule has 0 aromatic carbocycles. The zero-order valence-corrected chi connectivity index (χ0v) is 12.6. The molecule has 6 heteroatoms. The van der Waals surface area contributed by atoms with Crippen molar-refractivity contribution in [2.75, 3.05) is 13.1 Å². The van der Waals surface area contributed by atoms with E-state index in [4.69, 9.17) is 0 Å². The third kappa shape index (κ3) is 2.38. The van der Waals surface area contributed by atoms with Gasteiger partial charge in [0.1, 0.15) is 5.82 Å². The van der Waals surface area contributed by atoms with Crippen LogP contribution in [0.4, 0.5) is 0 Å². The topological polar surface area (TPSA) is 74.8 Å². The zero-order chi connectivity index (χ0) is 15.1. The standard InChI is InChI=1S/C16H19N5O/c1-10-6-19-20-14(10)12-4-5-21(9-12)16(22)13-7-17-15(18-8-13)11-2-3-11/h6-8,11-12H,2-5,9H2,1H3,(H,19,20). The van der Waals surface area contributed by atoms with Gasteiger partial charge in [-0.05, 0) is 31.7 Å². The van der Waals surface area contributed by atoms with Gasteiger partial charge in [0.25, 0.3) is 5.91 Å². The molecule has 1 amide bonds. The fraction of sp³-hybridized carbons (Fsp3) is 0.500. The van der Waals surface area contributed by atoms with E-state index in [1.807, 2.05) is 18.0 Å². The summed E-state index contributed by atoms with van der Waals surface area (Å²) in [6.45, 7) is 3.55. The SMILES string of the molecule is Cc1cn[nH]c1C1CCN(C(=O)c2cnc(C3CC3)nc2)C1. The van der Waals surface area contributed by atoms with Gasteiger partial charge in [-0.1, -0.05) is 0 Å². The van der Waals surface area contributed by atoms with E-state index in [2.05, 4.69) is 20.2 Å². The second-order valence-electron chi connectivity index (χ2n) is 6.31. The lowest BCUT2D eigenvalue weighted by Crippen LogP contribution is -2.28. The molecule has 2 aromatic heterocycles. The molecular formula is C16H19N5O. The Hall–Kier alpha value is -2.24. The summed E-state index contributed by atoms with van der Waals surface area (Å²) in [6.07, 6.45) is 8.50. The third-order valence-corrected chi connectivity index (χ3v) is 4.61. The van der Waals surface area contributed by atoms with Crippen LogP contribution >= 0.6 is 0 Å². The van der Waals surface area contributed by atoms with Gasteiger partial charge in [-0.3, -0.25) is 9.89 Å². The van der Waals surface area contributed by atoms with Crippen LogP contribution in [0.1, 0.15) is 58.5 Å². The Morgan fingerprint density at radius 2 is 1.95 bits per heavy atom. The number of nitrogens with zero attached hydrogens (tertiary/aromatic N) is 4. The van der Waals surface area contributed by atoms with Gasteiger partial charge >= 0.3 is 0 Å². The number of aromatic amines is 1. The van der Waals surface area contributed by atoms with Crippen molar-refractivity contribution >= 4 is 5.91 Å². The van der Waals surface area contributed by atoms with Crippen molar-refractivity contribution in [3.8, 4) is 0 Å². The number of H-pyrrole nitrogens is 1. The minimum atomic E-state index is 0.0296. The average Bonchev–Trinajstić information content (AvgIpc) is 3.13. The molecule has 1 unspecified atom stereocenters. The van der Waals surface area contributed by atoms with E-state index in [-0.39, 0.29) is 5.91 Å². The monoisotopic (exact) mass is 297 g/mol.